The van der Waals surface area contributed by atoms with Crippen LogP contribution in [0.15, 0.2) is 60.8 Å². The summed E-state index contributed by atoms with van der Waals surface area (Å²) in [7, 11) is 0. The molecule has 1 atom stereocenters. The van der Waals surface area contributed by atoms with Gasteiger partial charge in [-0.15, -0.1) is 0 Å². The summed E-state index contributed by atoms with van der Waals surface area (Å²) in [6.45, 7) is 2.55. The molecular weight excluding hydrogens is 262 g/mol. The highest BCUT2D eigenvalue weighted by atomic mass is 16.5. The lowest BCUT2D eigenvalue weighted by Gasteiger charge is -2.15. The number of rotatable bonds is 4. The molecule has 1 unspecified atom stereocenters. The van der Waals surface area contributed by atoms with E-state index in [4.69, 9.17) is 4.74 Å². The first-order chi connectivity index (χ1) is 10.3. The Hall–Kier alpha value is -2.39. The molecule has 0 aliphatic rings. The van der Waals surface area contributed by atoms with Crippen molar-refractivity contribution in [2.75, 3.05) is 6.61 Å². The largest absolute Gasteiger partial charge is 0.494 e. The summed E-state index contributed by atoms with van der Waals surface area (Å²) in [6.07, 6.45) is 1.03. The normalized spacial score (nSPS) is 12.3. The monoisotopic (exact) mass is 279 g/mol. The minimum Gasteiger partial charge on any atom is -0.494 e. The number of nitrogens with zero attached hydrogens (tertiary/aromatic N) is 1. The first-order valence-electron chi connectivity index (χ1n) is 7.04. The van der Waals surface area contributed by atoms with E-state index in [2.05, 4.69) is 4.98 Å². The van der Waals surface area contributed by atoms with Gasteiger partial charge in [0.15, 0.2) is 0 Å². The molecule has 0 aliphatic carbocycles. The Labute approximate surface area is 123 Å². The van der Waals surface area contributed by atoms with E-state index >= 15 is 0 Å². The third kappa shape index (κ3) is 2.73. The van der Waals surface area contributed by atoms with Gasteiger partial charge in [0.2, 0.25) is 0 Å². The molecule has 1 aromatic heterocycles. The van der Waals surface area contributed by atoms with Crippen molar-refractivity contribution in [1.29, 1.82) is 0 Å². The van der Waals surface area contributed by atoms with Crippen molar-refractivity contribution in [3.8, 4) is 5.75 Å². The van der Waals surface area contributed by atoms with E-state index in [1.807, 2.05) is 61.5 Å². The average molecular weight is 279 g/mol. The van der Waals surface area contributed by atoms with Gasteiger partial charge in [0.25, 0.3) is 0 Å². The van der Waals surface area contributed by atoms with Crippen molar-refractivity contribution in [3.05, 3.63) is 71.9 Å². The van der Waals surface area contributed by atoms with E-state index in [1.165, 1.54) is 0 Å². The van der Waals surface area contributed by atoms with Crippen molar-refractivity contribution in [2.24, 2.45) is 0 Å². The molecular formula is C18H17NO2. The van der Waals surface area contributed by atoms with Crippen molar-refractivity contribution in [3.63, 3.8) is 0 Å². The Balaban J connectivity index is 2.04. The fourth-order valence-electron chi connectivity index (χ4n) is 2.48. The van der Waals surface area contributed by atoms with E-state index in [-0.39, 0.29) is 0 Å². The van der Waals surface area contributed by atoms with Gasteiger partial charge in [-0.3, -0.25) is 4.98 Å². The zero-order chi connectivity index (χ0) is 14.7. The second-order valence-electron chi connectivity index (χ2n) is 4.83. The Kier molecular flexibility index (Phi) is 3.84. The quantitative estimate of drug-likeness (QED) is 0.791. The summed E-state index contributed by atoms with van der Waals surface area (Å²) in [6, 6.07) is 17.3. The molecule has 3 aromatic rings. The maximum Gasteiger partial charge on any atom is 0.119 e. The van der Waals surface area contributed by atoms with Crippen molar-refractivity contribution >= 4 is 10.9 Å². The van der Waals surface area contributed by atoms with Gasteiger partial charge in [-0.25, -0.2) is 0 Å². The number of aromatic nitrogens is 1. The summed E-state index contributed by atoms with van der Waals surface area (Å²) in [4.78, 5) is 4.33. The summed E-state index contributed by atoms with van der Waals surface area (Å²) in [5.41, 5.74) is 2.56. The molecule has 2 aromatic carbocycles. The maximum atomic E-state index is 10.7. The first-order valence-corrected chi connectivity index (χ1v) is 7.04. The number of para-hydroxylation sites is 1. The molecule has 1 heterocycles. The number of ether oxygens (including phenoxy) is 1. The second kappa shape index (κ2) is 5.94. The molecule has 3 rings (SSSR count). The van der Waals surface area contributed by atoms with Crippen LogP contribution in [0.3, 0.4) is 0 Å². The lowest BCUT2D eigenvalue weighted by Crippen LogP contribution is -2.02. The number of aliphatic hydroxyl groups excluding tert-OH is 1. The highest BCUT2D eigenvalue weighted by molar-refractivity contribution is 5.82. The van der Waals surface area contributed by atoms with Crippen LogP contribution in [0.5, 0.6) is 5.75 Å². The van der Waals surface area contributed by atoms with E-state index in [0.29, 0.717) is 6.61 Å². The molecule has 0 fully saturated rings. The molecule has 0 aliphatic heterocycles. The van der Waals surface area contributed by atoms with Crippen LogP contribution in [0.4, 0.5) is 0 Å². The van der Waals surface area contributed by atoms with Gasteiger partial charge < -0.3 is 9.84 Å². The number of hydrogen-bond donors (Lipinski definition) is 1. The van der Waals surface area contributed by atoms with Crippen molar-refractivity contribution < 1.29 is 9.84 Å². The van der Waals surface area contributed by atoms with E-state index < -0.39 is 6.10 Å². The van der Waals surface area contributed by atoms with Gasteiger partial charge in [-0.2, -0.15) is 0 Å². The van der Waals surface area contributed by atoms with Crippen molar-refractivity contribution in [2.45, 2.75) is 13.0 Å². The maximum absolute atomic E-state index is 10.7. The van der Waals surface area contributed by atoms with Gasteiger partial charge >= 0.3 is 0 Å². The minimum atomic E-state index is -0.696. The van der Waals surface area contributed by atoms with E-state index in [0.717, 1.165) is 27.8 Å². The number of benzene rings is 2. The average Bonchev–Trinajstić information content (AvgIpc) is 2.54. The van der Waals surface area contributed by atoms with Crippen LogP contribution in [0.2, 0.25) is 0 Å². The predicted molar refractivity (Wildman–Crippen MR) is 83.4 cm³/mol. The second-order valence-corrected chi connectivity index (χ2v) is 4.83. The third-order valence-electron chi connectivity index (χ3n) is 3.46. The standard InChI is InChI=1S/C18H17NO2/c1-2-21-14-7-5-6-13(12-14)18(20)16-10-11-19-17-9-4-3-8-15(16)17/h3-12,18,20H,2H2,1H3. The first kappa shape index (κ1) is 13.6. The molecule has 0 spiro atoms. The molecule has 106 valence electrons. The van der Waals surface area contributed by atoms with Gasteiger partial charge in [-0.05, 0) is 42.3 Å². The Morgan fingerprint density at radius 1 is 1.10 bits per heavy atom. The van der Waals surface area contributed by atoms with Crippen LogP contribution in [0.25, 0.3) is 10.9 Å². The zero-order valence-corrected chi connectivity index (χ0v) is 11.9. The lowest BCUT2D eigenvalue weighted by atomic mass is 9.98. The van der Waals surface area contributed by atoms with E-state index in [1.54, 1.807) is 6.20 Å². The van der Waals surface area contributed by atoms with Gasteiger partial charge in [0.05, 0.1) is 12.1 Å². The summed E-state index contributed by atoms with van der Waals surface area (Å²) in [5, 5.41) is 11.7. The van der Waals surface area contributed by atoms with E-state index in [9.17, 15) is 5.11 Å². The summed E-state index contributed by atoms with van der Waals surface area (Å²) >= 11 is 0. The molecule has 0 bridgehead atoms. The molecule has 3 heteroatoms. The fraction of sp³-hybridized carbons (Fsp3) is 0.167. The smallest absolute Gasteiger partial charge is 0.119 e. The summed E-state index contributed by atoms with van der Waals surface area (Å²) in [5.74, 6) is 0.771. The van der Waals surface area contributed by atoms with Gasteiger partial charge in [0.1, 0.15) is 11.9 Å². The molecule has 3 nitrogen and oxygen atoms in total. The summed E-state index contributed by atoms with van der Waals surface area (Å²) < 4.78 is 5.50. The highest BCUT2D eigenvalue weighted by Crippen LogP contribution is 2.29. The van der Waals surface area contributed by atoms with Crippen LogP contribution in [-0.4, -0.2) is 16.7 Å². The highest BCUT2D eigenvalue weighted by Gasteiger charge is 2.14. The van der Waals surface area contributed by atoms with Gasteiger partial charge in [-0.1, -0.05) is 30.3 Å². The number of hydrogen-bond acceptors (Lipinski definition) is 3. The van der Waals surface area contributed by atoms with Crippen LogP contribution in [-0.2, 0) is 0 Å². The minimum absolute atomic E-state index is 0.609. The van der Waals surface area contributed by atoms with Crippen LogP contribution < -0.4 is 4.74 Å². The fourth-order valence-corrected chi connectivity index (χ4v) is 2.48. The molecule has 0 saturated carbocycles. The molecule has 1 N–H and O–H groups in total. The molecule has 0 amide bonds. The molecule has 0 saturated heterocycles. The third-order valence-corrected chi connectivity index (χ3v) is 3.46. The van der Waals surface area contributed by atoms with Crippen LogP contribution >= 0.6 is 0 Å². The SMILES string of the molecule is CCOc1cccc(C(O)c2ccnc3ccccc23)c1. The Bertz CT molecular complexity index is 750. The lowest BCUT2D eigenvalue weighted by molar-refractivity contribution is 0.221. The predicted octanol–water partition coefficient (Wildman–Crippen LogP) is 3.72. The number of fused-ring (bicyclic) bond motifs is 1. The van der Waals surface area contributed by atoms with Crippen LogP contribution in [0.1, 0.15) is 24.2 Å². The molecule has 21 heavy (non-hydrogen) atoms. The Morgan fingerprint density at radius 2 is 1.95 bits per heavy atom. The number of aliphatic hydroxyl groups is 1. The number of pyridine rings is 1. The van der Waals surface area contributed by atoms with Crippen molar-refractivity contribution in [1.82, 2.24) is 4.98 Å². The molecule has 0 radical (unpaired) electrons. The zero-order valence-electron chi connectivity index (χ0n) is 11.9. The van der Waals surface area contributed by atoms with Crippen LogP contribution in [0, 0.1) is 0 Å². The Morgan fingerprint density at radius 3 is 2.81 bits per heavy atom. The van der Waals surface area contributed by atoms with Gasteiger partial charge in [0, 0.05) is 11.6 Å². The topological polar surface area (TPSA) is 42.4 Å².